The smallest absolute Gasteiger partial charge is 0.165 e. The predicted molar refractivity (Wildman–Crippen MR) is 62.0 cm³/mol. The number of benzene rings is 1. The van der Waals surface area contributed by atoms with E-state index in [2.05, 4.69) is 14.2 Å². The summed E-state index contributed by atoms with van der Waals surface area (Å²) in [5.74, 6) is 5.21. The fourth-order valence-electron chi connectivity index (χ4n) is 1.51. The minimum absolute atomic E-state index is 0.195. The summed E-state index contributed by atoms with van der Waals surface area (Å²) in [6.07, 6.45) is 1.59. The first-order valence-electron chi connectivity index (χ1n) is 4.83. The van der Waals surface area contributed by atoms with Crippen molar-refractivity contribution in [2.24, 2.45) is 5.84 Å². The molecule has 17 heavy (non-hydrogen) atoms. The molecule has 0 saturated heterocycles. The Kier molecular flexibility index (Phi) is 3.62. The van der Waals surface area contributed by atoms with Gasteiger partial charge in [0.25, 0.3) is 0 Å². The van der Waals surface area contributed by atoms with Gasteiger partial charge in [-0.15, -0.1) is 0 Å². The molecule has 5 nitrogen and oxygen atoms in total. The van der Waals surface area contributed by atoms with Gasteiger partial charge in [0.2, 0.25) is 0 Å². The number of hydrogen-bond donors (Lipinski definition) is 2. The molecule has 2 rings (SSSR count). The lowest BCUT2D eigenvalue weighted by Crippen LogP contribution is -2.29. The summed E-state index contributed by atoms with van der Waals surface area (Å²) in [5.41, 5.74) is 3.90. The lowest BCUT2D eigenvalue weighted by atomic mass is 10.0. The molecular weight excluding hydrogens is 243 g/mol. The second-order valence-corrected chi connectivity index (χ2v) is 3.88. The zero-order valence-electron chi connectivity index (χ0n) is 9.05. The van der Waals surface area contributed by atoms with Crippen LogP contribution in [0.15, 0.2) is 24.4 Å². The summed E-state index contributed by atoms with van der Waals surface area (Å²) in [6.45, 7) is 0. The van der Waals surface area contributed by atoms with Crippen LogP contribution in [0.4, 0.5) is 4.39 Å². The van der Waals surface area contributed by atoms with Crippen molar-refractivity contribution >= 4 is 11.7 Å². The third-order valence-corrected chi connectivity index (χ3v) is 2.84. The predicted octanol–water partition coefficient (Wildman–Crippen LogP) is 1.24. The molecule has 7 heteroatoms. The molecular formula is C10H11FN4OS. The molecule has 1 aromatic heterocycles. The van der Waals surface area contributed by atoms with Crippen LogP contribution >= 0.6 is 11.7 Å². The molecule has 1 atom stereocenters. The van der Waals surface area contributed by atoms with Gasteiger partial charge >= 0.3 is 0 Å². The van der Waals surface area contributed by atoms with Gasteiger partial charge in [0.05, 0.1) is 36.8 Å². The van der Waals surface area contributed by atoms with E-state index in [4.69, 9.17) is 10.6 Å². The van der Waals surface area contributed by atoms with Crippen LogP contribution in [0.1, 0.15) is 17.3 Å². The Morgan fingerprint density at radius 1 is 1.53 bits per heavy atom. The van der Waals surface area contributed by atoms with E-state index < -0.39 is 5.82 Å². The average Bonchev–Trinajstić information content (AvgIpc) is 2.84. The van der Waals surface area contributed by atoms with Gasteiger partial charge in [-0.3, -0.25) is 5.84 Å². The SMILES string of the molecule is COc1ccc(C(NN)c2cnsn2)cc1F. The zero-order valence-corrected chi connectivity index (χ0v) is 9.87. The zero-order chi connectivity index (χ0) is 12.3. The molecule has 3 N–H and O–H groups in total. The monoisotopic (exact) mass is 254 g/mol. The van der Waals surface area contributed by atoms with Crippen molar-refractivity contribution in [3.63, 3.8) is 0 Å². The highest BCUT2D eigenvalue weighted by Gasteiger charge is 2.16. The number of nitrogens with two attached hydrogens (primary N) is 1. The van der Waals surface area contributed by atoms with Crippen molar-refractivity contribution < 1.29 is 9.13 Å². The summed E-state index contributed by atoms with van der Waals surface area (Å²) >= 11 is 1.08. The Bertz CT molecular complexity index is 491. The summed E-state index contributed by atoms with van der Waals surface area (Å²) < 4.78 is 26.4. The van der Waals surface area contributed by atoms with Crippen LogP contribution in [0.5, 0.6) is 5.75 Å². The van der Waals surface area contributed by atoms with Gasteiger partial charge in [-0.05, 0) is 17.7 Å². The largest absolute Gasteiger partial charge is 0.494 e. The molecule has 2 aromatic rings. The van der Waals surface area contributed by atoms with E-state index in [1.54, 1.807) is 18.3 Å². The van der Waals surface area contributed by atoms with E-state index in [0.29, 0.717) is 11.3 Å². The molecule has 1 unspecified atom stereocenters. The molecule has 0 fully saturated rings. The Hall–Kier alpha value is -1.57. The van der Waals surface area contributed by atoms with E-state index in [1.165, 1.54) is 13.2 Å². The van der Waals surface area contributed by atoms with Gasteiger partial charge < -0.3 is 4.74 Å². The molecule has 0 aliphatic rings. The van der Waals surface area contributed by atoms with Crippen molar-refractivity contribution in [1.82, 2.24) is 14.2 Å². The number of halogens is 1. The molecule has 0 aliphatic heterocycles. The summed E-state index contributed by atoms with van der Waals surface area (Å²) in [5, 5.41) is 0. The van der Waals surface area contributed by atoms with Crippen LogP contribution < -0.4 is 16.0 Å². The summed E-state index contributed by atoms with van der Waals surface area (Å²) in [6, 6.07) is 4.26. The van der Waals surface area contributed by atoms with Crippen LogP contribution in [0.25, 0.3) is 0 Å². The maximum atomic E-state index is 13.6. The molecule has 0 bridgehead atoms. The van der Waals surface area contributed by atoms with Crippen LogP contribution in [-0.2, 0) is 0 Å². The van der Waals surface area contributed by atoms with Crippen LogP contribution in [0.2, 0.25) is 0 Å². The van der Waals surface area contributed by atoms with E-state index in [-0.39, 0.29) is 11.8 Å². The lowest BCUT2D eigenvalue weighted by Gasteiger charge is -2.14. The maximum Gasteiger partial charge on any atom is 0.165 e. The van der Waals surface area contributed by atoms with Crippen molar-refractivity contribution in [2.75, 3.05) is 7.11 Å². The van der Waals surface area contributed by atoms with Gasteiger partial charge in [-0.1, -0.05) is 6.07 Å². The Balaban J connectivity index is 2.35. The minimum atomic E-state index is -0.437. The third-order valence-electron chi connectivity index (χ3n) is 2.35. The molecule has 90 valence electrons. The average molecular weight is 254 g/mol. The van der Waals surface area contributed by atoms with Crippen LogP contribution in [0, 0.1) is 5.82 Å². The Morgan fingerprint density at radius 3 is 2.88 bits per heavy atom. The number of rotatable bonds is 4. The highest BCUT2D eigenvalue weighted by Crippen LogP contribution is 2.24. The molecule has 1 aromatic carbocycles. The van der Waals surface area contributed by atoms with Gasteiger partial charge in [0, 0.05) is 0 Å². The summed E-state index contributed by atoms with van der Waals surface area (Å²) in [7, 11) is 1.42. The normalized spacial score (nSPS) is 12.4. The highest BCUT2D eigenvalue weighted by molar-refractivity contribution is 6.99. The second-order valence-electron chi connectivity index (χ2n) is 3.33. The third kappa shape index (κ3) is 2.41. The first-order valence-corrected chi connectivity index (χ1v) is 5.56. The summed E-state index contributed by atoms with van der Waals surface area (Å²) in [4.78, 5) is 0. The quantitative estimate of drug-likeness (QED) is 0.634. The number of aromatic nitrogens is 2. The molecule has 0 aliphatic carbocycles. The van der Waals surface area contributed by atoms with Gasteiger partial charge in [-0.25, -0.2) is 9.82 Å². The van der Waals surface area contributed by atoms with Crippen molar-refractivity contribution in [3.05, 3.63) is 41.5 Å². The second kappa shape index (κ2) is 5.17. The van der Waals surface area contributed by atoms with E-state index in [0.717, 1.165) is 11.7 Å². The molecule has 0 amide bonds. The minimum Gasteiger partial charge on any atom is -0.494 e. The highest BCUT2D eigenvalue weighted by atomic mass is 32.1. The van der Waals surface area contributed by atoms with E-state index >= 15 is 0 Å². The van der Waals surface area contributed by atoms with Crippen LogP contribution in [-0.4, -0.2) is 15.9 Å². The van der Waals surface area contributed by atoms with Gasteiger partial charge in [-0.2, -0.15) is 8.75 Å². The number of ether oxygens (including phenoxy) is 1. The van der Waals surface area contributed by atoms with Crippen molar-refractivity contribution in [1.29, 1.82) is 0 Å². The first kappa shape index (κ1) is 11.9. The molecule has 1 heterocycles. The first-order chi connectivity index (χ1) is 8.26. The molecule has 0 spiro atoms. The van der Waals surface area contributed by atoms with E-state index in [9.17, 15) is 4.39 Å². The topological polar surface area (TPSA) is 73.1 Å². The van der Waals surface area contributed by atoms with Gasteiger partial charge in [0.1, 0.15) is 0 Å². The van der Waals surface area contributed by atoms with E-state index in [1.807, 2.05) is 0 Å². The fraction of sp³-hybridized carbons (Fsp3) is 0.200. The van der Waals surface area contributed by atoms with Crippen molar-refractivity contribution in [3.8, 4) is 5.75 Å². The molecule has 0 saturated carbocycles. The standard InChI is InChI=1S/C10H11FN4OS/c1-16-9-3-2-6(4-7(9)11)10(14-12)8-5-13-17-15-8/h2-5,10,14H,12H2,1H3. The lowest BCUT2D eigenvalue weighted by molar-refractivity contribution is 0.385. The fourth-order valence-corrected chi connectivity index (χ4v) is 1.96. The van der Waals surface area contributed by atoms with Crippen molar-refractivity contribution in [2.45, 2.75) is 6.04 Å². The number of hydrogen-bond acceptors (Lipinski definition) is 6. The number of methoxy groups -OCH3 is 1. The maximum absolute atomic E-state index is 13.6. The molecule has 0 radical (unpaired) electrons. The van der Waals surface area contributed by atoms with Gasteiger partial charge in [0.15, 0.2) is 11.6 Å². The number of nitrogens with one attached hydrogen (secondary N) is 1. The Morgan fingerprint density at radius 2 is 2.35 bits per heavy atom. The number of hydrazine groups is 1. The van der Waals surface area contributed by atoms with Crippen LogP contribution in [0.3, 0.4) is 0 Å². The number of nitrogens with zero attached hydrogens (tertiary/aromatic N) is 2. The Labute approximate surface area is 102 Å².